The monoisotopic (exact) mass is 323 g/mol. The van der Waals surface area contributed by atoms with Crippen LogP contribution in [0.5, 0.6) is 0 Å². The van der Waals surface area contributed by atoms with Gasteiger partial charge >= 0.3 is 6.03 Å². The van der Waals surface area contributed by atoms with E-state index >= 15 is 0 Å². The molecule has 2 atom stereocenters. The molecule has 5 nitrogen and oxygen atoms in total. The fraction of sp³-hybridized carbons (Fsp3) is 0.500. The molecule has 22 heavy (non-hydrogen) atoms. The third-order valence-electron chi connectivity index (χ3n) is 3.87. The summed E-state index contributed by atoms with van der Waals surface area (Å²) >= 11 is 6.23. The van der Waals surface area contributed by atoms with Crippen LogP contribution in [0.25, 0.3) is 0 Å². The number of benzene rings is 1. The lowest BCUT2D eigenvalue weighted by atomic mass is 9.96. The van der Waals surface area contributed by atoms with Crippen LogP contribution in [0.4, 0.5) is 4.79 Å². The molecule has 1 aliphatic heterocycles. The Balaban J connectivity index is 2.01. The predicted molar refractivity (Wildman–Crippen MR) is 86.7 cm³/mol. The van der Waals surface area contributed by atoms with Crippen molar-refractivity contribution < 1.29 is 9.59 Å². The maximum Gasteiger partial charge on any atom is 0.315 e. The summed E-state index contributed by atoms with van der Waals surface area (Å²) in [6.45, 7) is 4.60. The number of hydrogen-bond acceptors (Lipinski definition) is 2. The molecule has 0 saturated carbocycles. The SMILES string of the molecule is CC(C)C(NC(=O)N[C@H]1CC(=O)N(C)C1)c1ccccc1Cl. The lowest BCUT2D eigenvalue weighted by Gasteiger charge is -2.25. The van der Waals surface area contributed by atoms with Crippen molar-refractivity contribution in [2.75, 3.05) is 13.6 Å². The lowest BCUT2D eigenvalue weighted by Crippen LogP contribution is -2.45. The number of likely N-dealkylation sites (N-methyl/N-ethyl adjacent to an activating group) is 1. The standard InChI is InChI=1S/C16H22ClN3O2/c1-10(2)15(12-6-4-5-7-13(12)17)19-16(22)18-11-8-14(21)20(3)9-11/h4-7,10-11,15H,8-9H2,1-3H3,(H2,18,19,22)/t11-,15?/m0/s1. The summed E-state index contributed by atoms with van der Waals surface area (Å²) in [5.74, 6) is 0.246. The Morgan fingerprint density at radius 1 is 1.36 bits per heavy atom. The van der Waals surface area contributed by atoms with Gasteiger partial charge in [-0.1, -0.05) is 43.6 Å². The van der Waals surface area contributed by atoms with Crippen molar-refractivity contribution in [2.24, 2.45) is 5.92 Å². The van der Waals surface area contributed by atoms with Gasteiger partial charge in [0.1, 0.15) is 0 Å². The third kappa shape index (κ3) is 3.91. The summed E-state index contributed by atoms with van der Waals surface area (Å²) in [5.41, 5.74) is 0.897. The van der Waals surface area contributed by atoms with E-state index in [0.717, 1.165) is 5.56 Å². The number of halogens is 1. The number of urea groups is 1. The quantitative estimate of drug-likeness (QED) is 0.894. The van der Waals surface area contributed by atoms with Crippen molar-refractivity contribution in [3.63, 3.8) is 0 Å². The van der Waals surface area contributed by atoms with Crippen LogP contribution in [0.3, 0.4) is 0 Å². The highest BCUT2D eigenvalue weighted by atomic mass is 35.5. The van der Waals surface area contributed by atoms with E-state index in [-0.39, 0.29) is 29.9 Å². The second-order valence-electron chi connectivity index (χ2n) is 6.04. The molecule has 1 heterocycles. The highest BCUT2D eigenvalue weighted by Gasteiger charge is 2.29. The second kappa shape index (κ2) is 7.01. The number of hydrogen-bond donors (Lipinski definition) is 2. The number of nitrogens with one attached hydrogen (secondary N) is 2. The summed E-state index contributed by atoms with van der Waals surface area (Å²) in [4.78, 5) is 25.3. The molecule has 0 aromatic heterocycles. The number of carbonyl (C=O) groups is 2. The summed E-state index contributed by atoms with van der Waals surface area (Å²) in [5, 5.41) is 6.46. The van der Waals surface area contributed by atoms with Crippen LogP contribution in [0.2, 0.25) is 5.02 Å². The molecule has 3 amide bonds. The Hall–Kier alpha value is -1.75. The highest BCUT2D eigenvalue weighted by Crippen LogP contribution is 2.28. The molecule has 0 radical (unpaired) electrons. The highest BCUT2D eigenvalue weighted by molar-refractivity contribution is 6.31. The Labute approximate surface area is 136 Å². The zero-order valence-electron chi connectivity index (χ0n) is 13.1. The van der Waals surface area contributed by atoms with Crippen molar-refractivity contribution in [1.29, 1.82) is 0 Å². The van der Waals surface area contributed by atoms with Gasteiger partial charge in [0.2, 0.25) is 5.91 Å². The van der Waals surface area contributed by atoms with Crippen LogP contribution in [-0.4, -0.2) is 36.5 Å². The first-order chi connectivity index (χ1) is 10.4. The lowest BCUT2D eigenvalue weighted by molar-refractivity contribution is -0.126. The van der Waals surface area contributed by atoms with E-state index in [2.05, 4.69) is 10.6 Å². The molecule has 1 saturated heterocycles. The average molecular weight is 324 g/mol. The number of likely N-dealkylation sites (tertiary alicyclic amines) is 1. The van der Waals surface area contributed by atoms with Crippen LogP contribution in [-0.2, 0) is 4.79 Å². The van der Waals surface area contributed by atoms with Gasteiger partial charge in [-0.2, -0.15) is 0 Å². The van der Waals surface area contributed by atoms with Gasteiger partial charge in [0, 0.05) is 25.0 Å². The van der Waals surface area contributed by atoms with E-state index in [1.807, 2.05) is 38.1 Å². The van der Waals surface area contributed by atoms with Crippen molar-refractivity contribution in [2.45, 2.75) is 32.4 Å². The molecule has 1 fully saturated rings. The maximum atomic E-state index is 12.2. The van der Waals surface area contributed by atoms with Crippen molar-refractivity contribution in [3.05, 3.63) is 34.9 Å². The minimum Gasteiger partial charge on any atom is -0.344 e. The molecule has 1 aromatic rings. The van der Waals surface area contributed by atoms with Crippen molar-refractivity contribution in [1.82, 2.24) is 15.5 Å². The molecule has 0 spiro atoms. The average Bonchev–Trinajstić information content (AvgIpc) is 2.75. The molecular weight excluding hydrogens is 302 g/mol. The fourth-order valence-corrected chi connectivity index (χ4v) is 2.91. The summed E-state index contributed by atoms with van der Waals surface area (Å²) < 4.78 is 0. The van der Waals surface area contributed by atoms with Crippen LogP contribution < -0.4 is 10.6 Å². The molecule has 1 aromatic carbocycles. The van der Waals surface area contributed by atoms with Crippen molar-refractivity contribution >= 4 is 23.5 Å². The first-order valence-electron chi connectivity index (χ1n) is 7.44. The predicted octanol–water partition coefficient (Wildman–Crippen LogP) is 2.57. The van der Waals surface area contributed by atoms with Gasteiger partial charge in [-0.25, -0.2) is 4.79 Å². The number of amides is 3. The van der Waals surface area contributed by atoms with Crippen LogP contribution in [0, 0.1) is 5.92 Å². The van der Waals surface area contributed by atoms with E-state index in [0.29, 0.717) is 18.0 Å². The minimum absolute atomic E-state index is 0.0526. The van der Waals surface area contributed by atoms with Gasteiger partial charge < -0.3 is 15.5 Å². The molecule has 2 N–H and O–H groups in total. The van der Waals surface area contributed by atoms with Gasteiger partial charge in [0.25, 0.3) is 0 Å². The zero-order chi connectivity index (χ0) is 16.3. The number of rotatable bonds is 4. The minimum atomic E-state index is -0.272. The Bertz CT molecular complexity index is 562. The van der Waals surface area contributed by atoms with Crippen molar-refractivity contribution in [3.8, 4) is 0 Å². The van der Waals surface area contributed by atoms with Crippen LogP contribution in [0.1, 0.15) is 31.9 Å². The molecule has 6 heteroatoms. The maximum absolute atomic E-state index is 12.2. The van der Waals surface area contributed by atoms with Gasteiger partial charge in [-0.15, -0.1) is 0 Å². The fourth-order valence-electron chi connectivity index (χ4n) is 2.66. The van der Waals surface area contributed by atoms with E-state index in [9.17, 15) is 9.59 Å². The van der Waals surface area contributed by atoms with E-state index < -0.39 is 0 Å². The zero-order valence-corrected chi connectivity index (χ0v) is 13.9. The molecule has 1 aliphatic rings. The van der Waals surface area contributed by atoms with Crippen LogP contribution >= 0.6 is 11.6 Å². The first kappa shape index (κ1) is 16.6. The van der Waals surface area contributed by atoms with Crippen LogP contribution in [0.15, 0.2) is 24.3 Å². The Morgan fingerprint density at radius 3 is 2.59 bits per heavy atom. The number of nitrogens with zero attached hydrogens (tertiary/aromatic N) is 1. The Kier molecular flexibility index (Phi) is 5.29. The molecular formula is C16H22ClN3O2. The normalized spacial score (nSPS) is 19.4. The largest absolute Gasteiger partial charge is 0.344 e. The molecule has 1 unspecified atom stereocenters. The third-order valence-corrected chi connectivity index (χ3v) is 4.21. The smallest absolute Gasteiger partial charge is 0.315 e. The summed E-state index contributed by atoms with van der Waals surface area (Å²) in [6.07, 6.45) is 0.350. The topological polar surface area (TPSA) is 61.4 Å². The molecule has 0 bridgehead atoms. The van der Waals surface area contributed by atoms with E-state index in [1.165, 1.54) is 0 Å². The molecule has 120 valence electrons. The Morgan fingerprint density at radius 2 is 2.05 bits per heavy atom. The summed E-state index contributed by atoms with van der Waals surface area (Å²) in [6, 6.07) is 6.91. The summed E-state index contributed by atoms with van der Waals surface area (Å²) in [7, 11) is 1.74. The molecule has 0 aliphatic carbocycles. The molecule has 2 rings (SSSR count). The second-order valence-corrected chi connectivity index (χ2v) is 6.44. The van der Waals surface area contributed by atoms with Gasteiger partial charge in [-0.3, -0.25) is 4.79 Å². The van der Waals surface area contributed by atoms with E-state index in [1.54, 1.807) is 11.9 Å². The van der Waals surface area contributed by atoms with Gasteiger partial charge in [0.05, 0.1) is 12.1 Å². The van der Waals surface area contributed by atoms with Gasteiger partial charge in [-0.05, 0) is 17.5 Å². The first-order valence-corrected chi connectivity index (χ1v) is 7.81. The van der Waals surface area contributed by atoms with Gasteiger partial charge in [0.15, 0.2) is 0 Å². The van der Waals surface area contributed by atoms with E-state index in [4.69, 9.17) is 11.6 Å². The number of carbonyl (C=O) groups excluding carboxylic acids is 2.